The number of ether oxygens (including phenoxy) is 1. The first-order valence-corrected chi connectivity index (χ1v) is 18.5. The third kappa shape index (κ3) is 9.63. The van der Waals surface area contributed by atoms with E-state index >= 15 is 0 Å². The molecule has 12 heteroatoms. The van der Waals surface area contributed by atoms with Gasteiger partial charge in [-0.1, -0.05) is 96.6 Å². The largest absolute Gasteiger partial charge is 0.459 e. The SMILES string of the molecule is CCC(C)[C@H]1CCN(C(=O)[C@@H](NC(=O)N[C@](C)(C(=O)OCc2ccccc2)C(C)C)C2CCCCC2)[C@@H]1C(=O)NC(CC1CC1)C(=O)C(N)=O. The summed E-state index contributed by atoms with van der Waals surface area (Å²) in [6, 6.07) is 5.74. The topological polar surface area (TPSA) is 177 Å². The highest BCUT2D eigenvalue weighted by Gasteiger charge is 2.48. The minimum atomic E-state index is -1.39. The fourth-order valence-corrected chi connectivity index (χ4v) is 7.39. The van der Waals surface area contributed by atoms with Gasteiger partial charge in [0.15, 0.2) is 0 Å². The number of urea groups is 1. The molecule has 6 atom stereocenters. The number of benzene rings is 1. The minimum absolute atomic E-state index is 0.0524. The summed E-state index contributed by atoms with van der Waals surface area (Å²) in [5.41, 5.74) is 4.78. The van der Waals surface area contributed by atoms with Gasteiger partial charge in [-0.2, -0.15) is 0 Å². The normalized spacial score (nSPS) is 22.5. The van der Waals surface area contributed by atoms with Gasteiger partial charge < -0.3 is 31.3 Å². The lowest BCUT2D eigenvalue weighted by atomic mass is 9.82. The maximum atomic E-state index is 14.6. The number of rotatable bonds is 16. The van der Waals surface area contributed by atoms with Crippen LogP contribution in [-0.4, -0.2) is 70.6 Å². The summed E-state index contributed by atoms with van der Waals surface area (Å²) in [7, 11) is 0. The van der Waals surface area contributed by atoms with Crippen molar-refractivity contribution in [2.45, 2.75) is 129 Å². The van der Waals surface area contributed by atoms with Crippen LogP contribution in [0, 0.1) is 29.6 Å². The van der Waals surface area contributed by atoms with Crippen LogP contribution in [0.3, 0.4) is 0 Å². The fraction of sp³-hybridized carbons (Fsp3) is 0.684. The summed E-state index contributed by atoms with van der Waals surface area (Å²) >= 11 is 0. The highest BCUT2D eigenvalue weighted by Crippen LogP contribution is 2.37. The van der Waals surface area contributed by atoms with Crippen LogP contribution in [0.1, 0.15) is 104 Å². The molecule has 0 spiro atoms. The zero-order valence-corrected chi connectivity index (χ0v) is 30.4. The molecule has 12 nitrogen and oxygen atoms in total. The molecule has 4 rings (SSSR count). The maximum Gasteiger partial charge on any atom is 0.332 e. The van der Waals surface area contributed by atoms with Crippen LogP contribution in [-0.2, 0) is 35.3 Å². The van der Waals surface area contributed by atoms with Gasteiger partial charge in [-0.15, -0.1) is 0 Å². The first-order valence-electron chi connectivity index (χ1n) is 18.5. The summed E-state index contributed by atoms with van der Waals surface area (Å²) in [4.78, 5) is 82.1. The number of ketones is 1. The van der Waals surface area contributed by atoms with Crippen molar-refractivity contribution in [1.82, 2.24) is 20.9 Å². The van der Waals surface area contributed by atoms with E-state index in [0.717, 1.165) is 56.9 Å². The number of nitrogens with two attached hydrogens (primary N) is 1. The average Bonchev–Trinajstić information content (AvgIpc) is 3.82. The van der Waals surface area contributed by atoms with Crippen molar-refractivity contribution in [3.63, 3.8) is 0 Å². The number of amides is 5. The van der Waals surface area contributed by atoms with Crippen LogP contribution >= 0.6 is 0 Å². The van der Waals surface area contributed by atoms with Crippen molar-refractivity contribution in [3.8, 4) is 0 Å². The first-order chi connectivity index (χ1) is 23.8. The predicted molar refractivity (Wildman–Crippen MR) is 188 cm³/mol. The number of carbonyl (C=O) groups excluding carboxylic acids is 6. The molecule has 0 aromatic heterocycles. The molecule has 3 aliphatic rings. The minimum Gasteiger partial charge on any atom is -0.459 e. The molecule has 276 valence electrons. The van der Waals surface area contributed by atoms with Gasteiger partial charge >= 0.3 is 12.0 Å². The van der Waals surface area contributed by atoms with E-state index in [1.807, 2.05) is 58.0 Å². The Morgan fingerprint density at radius 2 is 1.60 bits per heavy atom. The summed E-state index contributed by atoms with van der Waals surface area (Å²) in [5, 5.41) is 8.57. The number of carbonyl (C=O) groups is 6. The molecular weight excluding hydrogens is 638 g/mol. The number of hydrogen-bond acceptors (Lipinski definition) is 7. The van der Waals surface area contributed by atoms with Gasteiger partial charge in [-0.3, -0.25) is 19.2 Å². The van der Waals surface area contributed by atoms with Gasteiger partial charge in [0.2, 0.25) is 17.6 Å². The van der Waals surface area contributed by atoms with Gasteiger partial charge in [-0.25, -0.2) is 9.59 Å². The Bertz CT molecular complexity index is 1380. The molecule has 1 saturated heterocycles. The number of primary amides is 1. The van der Waals surface area contributed by atoms with Crippen molar-refractivity contribution in [2.75, 3.05) is 6.54 Å². The standard InChI is InChI=1S/C38H57N5O7/c1-6-24(4)28-19-20-43(31(28)34(46)40-29(21-25-17-18-25)32(44)33(39)45)35(47)30(27-15-11-8-12-16-27)41-37(49)42-38(5,23(2)3)36(48)50-22-26-13-9-7-10-14-26/h7,9-10,13-14,23-25,27-31H,6,8,11-12,15-22H2,1-5H3,(H2,39,45)(H,40,46)(H2,41,42,49)/t24?,28-,29?,30+,31+,38+/m1/s1. The van der Waals surface area contributed by atoms with Gasteiger partial charge in [0.25, 0.3) is 5.91 Å². The van der Waals surface area contributed by atoms with E-state index in [0.29, 0.717) is 19.4 Å². The molecule has 1 aromatic rings. The molecule has 2 unspecified atom stereocenters. The Hall–Kier alpha value is -3.96. The van der Waals surface area contributed by atoms with Crippen molar-refractivity contribution >= 4 is 35.5 Å². The maximum absolute atomic E-state index is 14.6. The molecule has 0 bridgehead atoms. The summed E-state index contributed by atoms with van der Waals surface area (Å²) in [5.74, 6) is -3.73. The van der Waals surface area contributed by atoms with E-state index in [4.69, 9.17) is 10.5 Å². The lowest BCUT2D eigenvalue weighted by molar-refractivity contribution is -0.153. The molecule has 1 heterocycles. The van der Waals surface area contributed by atoms with Gasteiger partial charge in [0, 0.05) is 6.54 Å². The second-order valence-electron chi connectivity index (χ2n) is 15.2. The number of hydrogen-bond donors (Lipinski definition) is 4. The molecule has 2 aliphatic carbocycles. The quantitative estimate of drug-likeness (QED) is 0.149. The number of nitrogens with one attached hydrogen (secondary N) is 3. The third-order valence-electron chi connectivity index (χ3n) is 11.4. The van der Waals surface area contributed by atoms with Gasteiger partial charge in [0.05, 0.1) is 6.04 Å². The van der Waals surface area contributed by atoms with E-state index in [2.05, 4.69) is 16.0 Å². The third-order valence-corrected chi connectivity index (χ3v) is 11.4. The molecule has 50 heavy (non-hydrogen) atoms. The van der Waals surface area contributed by atoms with E-state index in [-0.39, 0.29) is 42.1 Å². The van der Waals surface area contributed by atoms with Crippen molar-refractivity contribution < 1.29 is 33.5 Å². The Morgan fingerprint density at radius 3 is 2.18 bits per heavy atom. The average molecular weight is 696 g/mol. The van der Waals surface area contributed by atoms with Crippen molar-refractivity contribution in [2.24, 2.45) is 35.3 Å². The summed E-state index contributed by atoms with van der Waals surface area (Å²) in [6.45, 7) is 9.69. The van der Waals surface area contributed by atoms with E-state index in [9.17, 15) is 28.8 Å². The van der Waals surface area contributed by atoms with Gasteiger partial charge in [0.1, 0.15) is 24.2 Å². The Morgan fingerprint density at radius 1 is 0.940 bits per heavy atom. The predicted octanol–water partition coefficient (Wildman–Crippen LogP) is 4.00. The smallest absolute Gasteiger partial charge is 0.332 e. The number of esters is 1. The second-order valence-corrected chi connectivity index (χ2v) is 15.2. The first kappa shape index (κ1) is 38.8. The molecule has 0 radical (unpaired) electrons. The lowest BCUT2D eigenvalue weighted by Crippen LogP contribution is -2.63. The number of Topliss-reactive ketones (excluding diaryl/α,β-unsaturated/α-hetero) is 1. The molecule has 2 saturated carbocycles. The monoisotopic (exact) mass is 695 g/mol. The van der Waals surface area contributed by atoms with Crippen LogP contribution in [0.5, 0.6) is 0 Å². The molecule has 5 N–H and O–H groups in total. The van der Waals surface area contributed by atoms with Crippen molar-refractivity contribution in [1.29, 1.82) is 0 Å². The summed E-state index contributed by atoms with van der Waals surface area (Å²) < 4.78 is 5.63. The van der Waals surface area contributed by atoms with E-state index in [1.54, 1.807) is 11.8 Å². The number of likely N-dealkylation sites (tertiary alicyclic amines) is 1. The fourth-order valence-electron chi connectivity index (χ4n) is 7.39. The van der Waals surface area contributed by atoms with Crippen molar-refractivity contribution in [3.05, 3.63) is 35.9 Å². The number of nitrogens with zero attached hydrogens (tertiary/aromatic N) is 1. The second kappa shape index (κ2) is 17.3. The van der Waals surface area contributed by atoms with E-state index in [1.165, 1.54) is 0 Å². The molecule has 1 aliphatic heterocycles. The Labute approximate surface area is 296 Å². The summed E-state index contributed by atoms with van der Waals surface area (Å²) in [6.07, 6.45) is 7.83. The highest BCUT2D eigenvalue weighted by atomic mass is 16.5. The zero-order chi connectivity index (χ0) is 36.6. The Kier molecular flexibility index (Phi) is 13.4. The van der Waals surface area contributed by atoms with E-state index < -0.39 is 53.3 Å². The molecule has 1 aromatic carbocycles. The highest BCUT2D eigenvalue weighted by molar-refractivity contribution is 6.37. The van der Waals surface area contributed by atoms with Gasteiger partial charge in [-0.05, 0) is 67.8 Å². The lowest BCUT2D eigenvalue weighted by Gasteiger charge is -2.37. The van der Waals surface area contributed by atoms with Crippen LogP contribution in [0.4, 0.5) is 4.79 Å². The van der Waals surface area contributed by atoms with Crippen LogP contribution in [0.25, 0.3) is 0 Å². The molecular formula is C38H57N5O7. The van der Waals surface area contributed by atoms with Crippen LogP contribution in [0.15, 0.2) is 30.3 Å². The molecule has 3 fully saturated rings. The molecule has 5 amide bonds. The van der Waals surface area contributed by atoms with Crippen LogP contribution < -0.4 is 21.7 Å². The Balaban J connectivity index is 1.56. The zero-order valence-electron chi connectivity index (χ0n) is 30.4. The van der Waals surface area contributed by atoms with Crippen LogP contribution in [0.2, 0.25) is 0 Å².